The average Bonchev–Trinajstić information content (AvgIpc) is 3.55. The Morgan fingerprint density at radius 2 is 1.83 bits per heavy atom. The number of H-pyrrole nitrogens is 1. The maximum Gasteiger partial charge on any atom is 0.266 e. The zero-order chi connectivity index (χ0) is 29.7. The van der Waals surface area contributed by atoms with Gasteiger partial charge < -0.3 is 24.8 Å². The molecule has 224 valence electrons. The normalized spacial score (nSPS) is 17.8. The van der Waals surface area contributed by atoms with Gasteiger partial charge in [0.05, 0.1) is 12.1 Å². The summed E-state index contributed by atoms with van der Waals surface area (Å²) in [4.78, 5) is 33.2. The molecule has 2 fully saturated rings. The van der Waals surface area contributed by atoms with Crippen LogP contribution in [-0.4, -0.2) is 82.7 Å². The van der Waals surface area contributed by atoms with Crippen LogP contribution in [0.1, 0.15) is 46.1 Å². The molecule has 0 spiro atoms. The van der Waals surface area contributed by atoms with E-state index in [4.69, 9.17) is 4.74 Å². The quantitative estimate of drug-likeness (QED) is 0.397. The van der Waals surface area contributed by atoms with Crippen molar-refractivity contribution in [1.29, 1.82) is 0 Å². The van der Waals surface area contributed by atoms with E-state index in [9.17, 15) is 9.59 Å². The number of amides is 2. The minimum absolute atomic E-state index is 0.00271. The number of anilines is 1. The van der Waals surface area contributed by atoms with E-state index in [-0.39, 0.29) is 23.8 Å². The highest BCUT2D eigenvalue weighted by Gasteiger charge is 2.35. The Kier molecular flexibility index (Phi) is 9.16. The number of rotatable bonds is 9. The van der Waals surface area contributed by atoms with Gasteiger partial charge in [-0.05, 0) is 63.8 Å². The van der Waals surface area contributed by atoms with Crippen LogP contribution in [0.4, 0.5) is 5.69 Å². The van der Waals surface area contributed by atoms with Crippen LogP contribution < -0.4 is 15.0 Å². The number of nitrogens with one attached hydrogen (secondary N) is 2. The monoisotopic (exact) mass is 572 g/mol. The molecule has 2 aliphatic rings. The number of aromatic amines is 1. The van der Waals surface area contributed by atoms with Gasteiger partial charge in [-0.25, -0.2) is 0 Å². The summed E-state index contributed by atoms with van der Waals surface area (Å²) in [5.74, 6) is 0.783. The molecule has 9 nitrogen and oxygen atoms in total. The Morgan fingerprint density at radius 1 is 1.07 bits per heavy atom. The van der Waals surface area contributed by atoms with Crippen LogP contribution in [0.5, 0.6) is 5.75 Å². The summed E-state index contributed by atoms with van der Waals surface area (Å²) >= 11 is 0. The number of aromatic nitrogens is 2. The van der Waals surface area contributed by atoms with E-state index >= 15 is 0 Å². The van der Waals surface area contributed by atoms with Crippen molar-refractivity contribution in [2.75, 3.05) is 44.2 Å². The third kappa shape index (κ3) is 6.95. The fourth-order valence-electron chi connectivity index (χ4n) is 5.90. The molecule has 0 bridgehead atoms. The first kappa shape index (κ1) is 29.6. The van der Waals surface area contributed by atoms with E-state index in [1.54, 1.807) is 0 Å². The zero-order valence-corrected chi connectivity index (χ0v) is 25.3. The molecule has 1 aromatic heterocycles. The van der Waals surface area contributed by atoms with Gasteiger partial charge in [-0.3, -0.25) is 14.7 Å². The van der Waals surface area contributed by atoms with E-state index in [0.717, 1.165) is 54.9 Å². The molecule has 1 atom stereocenters. The van der Waals surface area contributed by atoms with E-state index < -0.39 is 5.60 Å². The molecule has 5 rings (SSSR count). The Hall–Kier alpha value is -3.85. The molecule has 2 saturated heterocycles. The summed E-state index contributed by atoms with van der Waals surface area (Å²) < 4.78 is 6.27. The van der Waals surface area contributed by atoms with Gasteiger partial charge in [-0.1, -0.05) is 30.3 Å². The largest absolute Gasteiger partial charge is 0.478 e. The summed E-state index contributed by atoms with van der Waals surface area (Å²) in [5, 5.41) is 10.2. The highest BCUT2D eigenvalue weighted by atomic mass is 16.5. The van der Waals surface area contributed by atoms with Crippen molar-refractivity contribution >= 4 is 17.5 Å². The van der Waals surface area contributed by atoms with Crippen LogP contribution in [-0.2, 0) is 16.1 Å². The summed E-state index contributed by atoms with van der Waals surface area (Å²) in [6, 6.07) is 16.4. The van der Waals surface area contributed by atoms with Crippen molar-refractivity contribution in [2.45, 2.75) is 58.7 Å². The molecule has 2 N–H and O–H groups in total. The van der Waals surface area contributed by atoms with Crippen molar-refractivity contribution in [2.24, 2.45) is 5.92 Å². The first-order chi connectivity index (χ1) is 20.2. The van der Waals surface area contributed by atoms with E-state index in [1.807, 2.05) is 54.2 Å². The molecule has 9 heteroatoms. The number of nitrogens with zero attached hydrogens (tertiary/aromatic N) is 4. The highest BCUT2D eigenvalue weighted by molar-refractivity contribution is 5.85. The Morgan fingerprint density at radius 3 is 2.52 bits per heavy atom. The lowest BCUT2D eigenvalue weighted by Crippen LogP contribution is -2.54. The fourth-order valence-corrected chi connectivity index (χ4v) is 5.90. The third-order valence-electron chi connectivity index (χ3n) is 8.29. The predicted octanol–water partition coefficient (Wildman–Crippen LogP) is 4.32. The van der Waals surface area contributed by atoms with Gasteiger partial charge in [-0.2, -0.15) is 5.10 Å². The van der Waals surface area contributed by atoms with E-state index in [2.05, 4.69) is 64.6 Å². The predicted molar refractivity (Wildman–Crippen MR) is 165 cm³/mol. The molecule has 2 amide bonds. The third-order valence-corrected chi connectivity index (χ3v) is 8.29. The molecule has 0 unspecified atom stereocenters. The number of carbonyl (C=O) groups is 2. The first-order valence-electron chi connectivity index (χ1n) is 15.1. The van der Waals surface area contributed by atoms with Crippen molar-refractivity contribution in [3.8, 4) is 16.9 Å². The smallest absolute Gasteiger partial charge is 0.266 e. The second-order valence-corrected chi connectivity index (χ2v) is 12.2. The summed E-state index contributed by atoms with van der Waals surface area (Å²) in [7, 11) is 0. The average molecular weight is 573 g/mol. The number of ether oxygens (including phenoxy) is 1. The van der Waals surface area contributed by atoms with Crippen molar-refractivity contribution in [3.05, 3.63) is 66.5 Å². The summed E-state index contributed by atoms with van der Waals surface area (Å²) in [5.41, 5.74) is 3.30. The SMILES string of the molecule is CC(C)N(Cc1ccc(-c2cn[nH]c2)cc1)C(=O)[C@H]1CCCN(c2cccc(OC(C)(C)C(=O)N3CCNCC3)c2)C1. The molecule has 0 saturated carbocycles. The Bertz CT molecular complexity index is 1330. The number of piperidine rings is 1. The van der Waals surface area contributed by atoms with Crippen LogP contribution in [0.15, 0.2) is 60.9 Å². The molecule has 2 aliphatic heterocycles. The van der Waals surface area contributed by atoms with Gasteiger partial charge in [0.1, 0.15) is 5.75 Å². The maximum absolute atomic E-state index is 13.9. The lowest BCUT2D eigenvalue weighted by Gasteiger charge is -2.38. The van der Waals surface area contributed by atoms with Crippen LogP contribution >= 0.6 is 0 Å². The van der Waals surface area contributed by atoms with Crippen molar-refractivity contribution in [1.82, 2.24) is 25.3 Å². The van der Waals surface area contributed by atoms with Gasteiger partial charge in [0.2, 0.25) is 5.91 Å². The number of piperazine rings is 1. The topological polar surface area (TPSA) is 93.8 Å². The number of carbonyl (C=O) groups excluding carboxylic acids is 2. The maximum atomic E-state index is 13.9. The molecule has 2 aromatic carbocycles. The van der Waals surface area contributed by atoms with Gasteiger partial charge >= 0.3 is 0 Å². The second-order valence-electron chi connectivity index (χ2n) is 12.2. The molecule has 3 aromatic rings. The summed E-state index contributed by atoms with van der Waals surface area (Å²) in [6.45, 7) is 13.0. The molecular formula is C33H44N6O3. The van der Waals surface area contributed by atoms with Gasteiger partial charge in [-0.15, -0.1) is 0 Å². The zero-order valence-electron chi connectivity index (χ0n) is 25.3. The van der Waals surface area contributed by atoms with E-state index in [0.29, 0.717) is 31.9 Å². The number of benzene rings is 2. The van der Waals surface area contributed by atoms with E-state index in [1.165, 1.54) is 0 Å². The molecule has 3 heterocycles. The van der Waals surface area contributed by atoms with Crippen molar-refractivity contribution in [3.63, 3.8) is 0 Å². The van der Waals surface area contributed by atoms with Crippen LogP contribution in [0, 0.1) is 5.92 Å². The standard InChI is InChI=1S/C33H44N6O3/c1-24(2)39(22-25-10-12-26(13-11-25)28-20-35-36-21-28)31(40)27-7-6-16-38(23-27)29-8-5-9-30(19-29)42-33(3,4)32(41)37-17-14-34-15-18-37/h5,8-13,19-21,24,27,34H,6-7,14-18,22-23H2,1-4H3,(H,35,36)/t27-/m0/s1. The lowest BCUT2D eigenvalue weighted by molar-refractivity contribution is -0.146. The molecule has 0 radical (unpaired) electrons. The Balaban J connectivity index is 1.23. The first-order valence-corrected chi connectivity index (χ1v) is 15.1. The van der Waals surface area contributed by atoms with Crippen molar-refractivity contribution < 1.29 is 14.3 Å². The molecular weight excluding hydrogens is 528 g/mol. The second kappa shape index (κ2) is 13.0. The van der Waals surface area contributed by atoms with Crippen LogP contribution in [0.3, 0.4) is 0 Å². The fraction of sp³-hybridized carbons (Fsp3) is 0.485. The Labute approximate surface area is 249 Å². The van der Waals surface area contributed by atoms with Gasteiger partial charge in [0.25, 0.3) is 5.91 Å². The minimum atomic E-state index is -0.967. The molecule has 0 aliphatic carbocycles. The summed E-state index contributed by atoms with van der Waals surface area (Å²) in [6.07, 6.45) is 5.51. The van der Waals surface area contributed by atoms with Crippen LogP contribution in [0.25, 0.3) is 11.1 Å². The van der Waals surface area contributed by atoms with Crippen LogP contribution in [0.2, 0.25) is 0 Å². The number of hydrogen-bond acceptors (Lipinski definition) is 6. The minimum Gasteiger partial charge on any atom is -0.478 e. The highest BCUT2D eigenvalue weighted by Crippen LogP contribution is 2.30. The van der Waals surface area contributed by atoms with Gasteiger partial charge in [0, 0.05) is 75.4 Å². The lowest BCUT2D eigenvalue weighted by atomic mass is 9.95. The van der Waals surface area contributed by atoms with Gasteiger partial charge in [0.15, 0.2) is 5.60 Å². The number of hydrogen-bond donors (Lipinski definition) is 2. The molecule has 42 heavy (non-hydrogen) atoms.